The van der Waals surface area contributed by atoms with E-state index in [4.69, 9.17) is 0 Å². The van der Waals surface area contributed by atoms with Crippen LogP contribution in [0, 0.1) is 6.92 Å². The number of benzene rings is 1. The average Bonchev–Trinajstić information content (AvgIpc) is 2.98. The first kappa shape index (κ1) is 13.9. The van der Waals surface area contributed by atoms with E-state index in [1.54, 1.807) is 0 Å². The van der Waals surface area contributed by atoms with Crippen LogP contribution in [-0.2, 0) is 0 Å². The Morgan fingerprint density at radius 3 is 2.86 bits per heavy atom. The van der Waals surface area contributed by atoms with Gasteiger partial charge in [0.05, 0.1) is 5.52 Å². The molecule has 0 unspecified atom stereocenters. The molecule has 2 aromatic rings. The van der Waals surface area contributed by atoms with E-state index in [0.717, 1.165) is 16.7 Å². The molecule has 1 heterocycles. The van der Waals surface area contributed by atoms with Gasteiger partial charge in [0, 0.05) is 18.0 Å². The lowest BCUT2D eigenvalue weighted by molar-refractivity contribution is 0.751. The maximum absolute atomic E-state index is 4.66. The van der Waals surface area contributed by atoms with Crippen LogP contribution in [0.2, 0.25) is 0 Å². The van der Waals surface area contributed by atoms with Gasteiger partial charge in [-0.2, -0.15) is 4.98 Å². The van der Waals surface area contributed by atoms with Crippen molar-refractivity contribution in [1.29, 1.82) is 0 Å². The molecule has 0 atom stereocenters. The number of nitrogens with zero attached hydrogens (tertiary/aromatic N) is 2. The summed E-state index contributed by atoms with van der Waals surface area (Å²) in [7, 11) is 0. The van der Waals surface area contributed by atoms with E-state index in [0.29, 0.717) is 18.5 Å². The predicted octanol–water partition coefficient (Wildman–Crippen LogP) is 3.89. The molecule has 4 nitrogen and oxygen atoms in total. The van der Waals surface area contributed by atoms with Crippen molar-refractivity contribution in [2.75, 3.05) is 17.2 Å². The second-order valence-corrected chi connectivity index (χ2v) is 5.71. The maximum atomic E-state index is 4.66. The minimum Gasteiger partial charge on any atom is -0.367 e. The zero-order valence-corrected chi connectivity index (χ0v) is 12.5. The van der Waals surface area contributed by atoms with Crippen molar-refractivity contribution in [2.24, 2.45) is 0 Å². The highest BCUT2D eigenvalue weighted by Crippen LogP contribution is 2.27. The molecular weight excluding hydrogens is 260 g/mol. The fraction of sp³-hybridized carbons (Fsp3) is 0.412. The summed E-state index contributed by atoms with van der Waals surface area (Å²) in [4.78, 5) is 9.24. The summed E-state index contributed by atoms with van der Waals surface area (Å²) >= 11 is 0. The summed E-state index contributed by atoms with van der Waals surface area (Å²) in [5, 5.41) is 7.90. The fourth-order valence-corrected chi connectivity index (χ4v) is 2.86. The molecule has 0 amide bonds. The number of hydrogen-bond donors (Lipinski definition) is 2. The second-order valence-electron chi connectivity index (χ2n) is 5.71. The first-order valence-electron chi connectivity index (χ1n) is 7.66. The van der Waals surface area contributed by atoms with E-state index >= 15 is 0 Å². The summed E-state index contributed by atoms with van der Waals surface area (Å²) in [5.41, 5.74) is 2.20. The Morgan fingerprint density at radius 2 is 2.10 bits per heavy atom. The minimum atomic E-state index is 0.538. The van der Waals surface area contributed by atoms with Gasteiger partial charge >= 0.3 is 0 Å². The van der Waals surface area contributed by atoms with Gasteiger partial charge in [0.1, 0.15) is 5.82 Å². The number of fused-ring (bicyclic) bond motifs is 1. The van der Waals surface area contributed by atoms with Crippen LogP contribution in [0.3, 0.4) is 0 Å². The predicted molar refractivity (Wildman–Crippen MR) is 88.8 cm³/mol. The first-order chi connectivity index (χ1) is 10.3. The third-order valence-corrected chi connectivity index (χ3v) is 3.95. The van der Waals surface area contributed by atoms with Crippen LogP contribution in [0.4, 0.5) is 11.8 Å². The van der Waals surface area contributed by atoms with Crippen LogP contribution < -0.4 is 10.6 Å². The van der Waals surface area contributed by atoms with Gasteiger partial charge in [-0.3, -0.25) is 0 Å². The van der Waals surface area contributed by atoms with Gasteiger partial charge in [-0.15, -0.1) is 6.58 Å². The number of anilines is 2. The Morgan fingerprint density at radius 1 is 1.29 bits per heavy atom. The first-order valence-corrected chi connectivity index (χ1v) is 7.66. The molecule has 1 aliphatic rings. The quantitative estimate of drug-likeness (QED) is 0.817. The monoisotopic (exact) mass is 282 g/mol. The highest BCUT2D eigenvalue weighted by Gasteiger charge is 2.17. The molecule has 0 spiro atoms. The lowest BCUT2D eigenvalue weighted by Crippen LogP contribution is -2.17. The van der Waals surface area contributed by atoms with Gasteiger partial charge in [-0.25, -0.2) is 4.98 Å². The van der Waals surface area contributed by atoms with E-state index in [1.807, 2.05) is 6.08 Å². The Hall–Kier alpha value is -2.10. The zero-order chi connectivity index (χ0) is 14.7. The van der Waals surface area contributed by atoms with E-state index in [9.17, 15) is 0 Å². The van der Waals surface area contributed by atoms with Gasteiger partial charge in [0.15, 0.2) is 0 Å². The molecule has 1 aliphatic carbocycles. The summed E-state index contributed by atoms with van der Waals surface area (Å²) < 4.78 is 0. The van der Waals surface area contributed by atoms with Gasteiger partial charge in [0.25, 0.3) is 0 Å². The van der Waals surface area contributed by atoms with Crippen molar-refractivity contribution >= 4 is 22.7 Å². The van der Waals surface area contributed by atoms with Gasteiger partial charge in [0.2, 0.25) is 5.95 Å². The van der Waals surface area contributed by atoms with Crippen molar-refractivity contribution < 1.29 is 0 Å². The Balaban J connectivity index is 1.99. The second kappa shape index (κ2) is 6.12. The molecule has 1 fully saturated rings. The number of hydrogen-bond acceptors (Lipinski definition) is 4. The smallest absolute Gasteiger partial charge is 0.225 e. The fourth-order valence-electron chi connectivity index (χ4n) is 2.86. The number of nitrogens with one attached hydrogen (secondary N) is 2. The van der Waals surface area contributed by atoms with Crippen LogP contribution in [0.1, 0.15) is 31.2 Å². The van der Waals surface area contributed by atoms with E-state index in [1.165, 1.54) is 31.2 Å². The van der Waals surface area contributed by atoms with Crippen molar-refractivity contribution in [3.8, 4) is 0 Å². The largest absolute Gasteiger partial charge is 0.367 e. The molecule has 1 aromatic heterocycles. The maximum Gasteiger partial charge on any atom is 0.225 e. The highest BCUT2D eigenvalue weighted by molar-refractivity contribution is 5.90. The third kappa shape index (κ3) is 3.15. The molecule has 0 bridgehead atoms. The number of rotatable bonds is 5. The van der Waals surface area contributed by atoms with Crippen molar-refractivity contribution in [3.05, 3.63) is 36.4 Å². The lowest BCUT2D eigenvalue weighted by atomic mass is 10.1. The highest BCUT2D eigenvalue weighted by atomic mass is 15.1. The summed E-state index contributed by atoms with van der Waals surface area (Å²) in [6.45, 7) is 6.49. The van der Waals surface area contributed by atoms with Crippen molar-refractivity contribution in [2.45, 2.75) is 38.6 Å². The summed E-state index contributed by atoms with van der Waals surface area (Å²) in [6.07, 6.45) is 6.88. The molecule has 0 saturated heterocycles. The van der Waals surface area contributed by atoms with E-state index < -0.39 is 0 Å². The van der Waals surface area contributed by atoms with Crippen LogP contribution >= 0.6 is 0 Å². The van der Waals surface area contributed by atoms with Crippen LogP contribution in [-0.4, -0.2) is 22.6 Å². The van der Waals surface area contributed by atoms with Gasteiger partial charge < -0.3 is 10.6 Å². The molecular formula is C17H22N4. The molecule has 0 aliphatic heterocycles. The third-order valence-electron chi connectivity index (χ3n) is 3.95. The van der Waals surface area contributed by atoms with Crippen LogP contribution in [0.5, 0.6) is 0 Å². The summed E-state index contributed by atoms with van der Waals surface area (Å²) in [6, 6.07) is 6.84. The Labute approximate surface area is 125 Å². The molecule has 21 heavy (non-hydrogen) atoms. The lowest BCUT2D eigenvalue weighted by Gasteiger charge is -2.16. The molecule has 0 radical (unpaired) electrons. The average molecular weight is 282 g/mol. The molecule has 1 saturated carbocycles. The van der Waals surface area contributed by atoms with Crippen LogP contribution in [0.25, 0.3) is 10.9 Å². The summed E-state index contributed by atoms with van der Waals surface area (Å²) in [5.74, 6) is 1.61. The SMILES string of the molecule is C=CCNc1nc(NC2CCCC2)c2cc(C)ccc2n1. The minimum absolute atomic E-state index is 0.538. The Kier molecular flexibility index (Phi) is 4.04. The standard InChI is InChI=1S/C17H22N4/c1-3-10-18-17-20-15-9-8-12(2)11-14(15)16(21-17)19-13-6-4-5-7-13/h3,8-9,11,13H,1,4-7,10H2,2H3,(H2,18,19,20,21). The van der Waals surface area contributed by atoms with E-state index in [2.05, 4.69) is 52.3 Å². The molecule has 110 valence electrons. The number of aryl methyl sites for hydroxylation is 1. The van der Waals surface area contributed by atoms with Crippen molar-refractivity contribution in [1.82, 2.24) is 9.97 Å². The van der Waals surface area contributed by atoms with E-state index in [-0.39, 0.29) is 0 Å². The topological polar surface area (TPSA) is 49.8 Å². The number of aromatic nitrogens is 2. The molecule has 3 rings (SSSR count). The normalized spacial score (nSPS) is 15.3. The van der Waals surface area contributed by atoms with Crippen LogP contribution in [0.15, 0.2) is 30.9 Å². The van der Waals surface area contributed by atoms with Gasteiger partial charge in [-0.1, -0.05) is 30.5 Å². The zero-order valence-electron chi connectivity index (χ0n) is 12.5. The van der Waals surface area contributed by atoms with Crippen molar-refractivity contribution in [3.63, 3.8) is 0 Å². The van der Waals surface area contributed by atoms with Gasteiger partial charge in [-0.05, 0) is 31.9 Å². The Bertz CT molecular complexity index is 645. The molecule has 2 N–H and O–H groups in total. The molecule has 1 aromatic carbocycles. The molecule has 4 heteroatoms.